The maximum absolute atomic E-state index is 12.4. The van der Waals surface area contributed by atoms with E-state index in [0.29, 0.717) is 22.6 Å². The number of thiazole rings is 1. The van der Waals surface area contributed by atoms with Crippen LogP contribution in [0.1, 0.15) is 13.8 Å². The molecule has 140 valence electrons. The van der Waals surface area contributed by atoms with Crippen molar-refractivity contribution in [1.82, 2.24) is 19.7 Å². The number of anilines is 1. The van der Waals surface area contributed by atoms with Gasteiger partial charge in [0.2, 0.25) is 12.7 Å². The van der Waals surface area contributed by atoms with E-state index in [1.165, 1.54) is 23.1 Å². The predicted molar refractivity (Wildman–Crippen MR) is 103 cm³/mol. The summed E-state index contributed by atoms with van der Waals surface area (Å²) in [6.07, 6.45) is 1.66. The maximum atomic E-state index is 12.4. The zero-order chi connectivity index (χ0) is 18.8. The molecule has 0 spiro atoms. The molecule has 0 fully saturated rings. The van der Waals surface area contributed by atoms with Gasteiger partial charge in [0.15, 0.2) is 27.6 Å². The molecular formula is C17H17N5O3S2. The molecule has 0 aliphatic carbocycles. The second-order valence-electron chi connectivity index (χ2n) is 5.71. The Kier molecular flexibility index (Phi) is 4.99. The average Bonchev–Trinajstić information content (AvgIpc) is 3.41. The first kappa shape index (κ1) is 17.8. The van der Waals surface area contributed by atoms with E-state index in [1.54, 1.807) is 6.20 Å². The number of rotatable bonds is 6. The lowest BCUT2D eigenvalue weighted by Gasteiger charge is -2.12. The van der Waals surface area contributed by atoms with Gasteiger partial charge in [0, 0.05) is 23.7 Å². The van der Waals surface area contributed by atoms with Gasteiger partial charge >= 0.3 is 0 Å². The number of nitrogens with one attached hydrogen (secondary N) is 1. The number of benzene rings is 1. The molecule has 3 aromatic rings. The molecule has 1 unspecified atom stereocenters. The summed E-state index contributed by atoms with van der Waals surface area (Å²) in [5.74, 6) is 2.03. The molecule has 0 saturated carbocycles. The first-order valence-corrected chi connectivity index (χ1v) is 10.1. The molecule has 1 aliphatic heterocycles. The molecular weight excluding hydrogens is 386 g/mol. The van der Waals surface area contributed by atoms with Crippen LogP contribution < -0.4 is 14.8 Å². The zero-order valence-electron chi connectivity index (χ0n) is 14.7. The summed E-state index contributed by atoms with van der Waals surface area (Å²) in [5.41, 5.74) is 0.889. The normalized spacial score (nSPS) is 13.6. The number of amides is 1. The van der Waals surface area contributed by atoms with Crippen molar-refractivity contribution in [3.05, 3.63) is 29.8 Å². The Hall–Kier alpha value is -2.59. The summed E-state index contributed by atoms with van der Waals surface area (Å²) in [6.45, 7) is 4.76. The van der Waals surface area contributed by atoms with E-state index in [1.807, 2.05) is 42.0 Å². The number of aromatic nitrogens is 4. The number of hydrogen-bond donors (Lipinski definition) is 1. The van der Waals surface area contributed by atoms with Crippen molar-refractivity contribution in [3.8, 4) is 22.9 Å². The van der Waals surface area contributed by atoms with Crippen molar-refractivity contribution in [1.29, 1.82) is 0 Å². The zero-order valence-corrected chi connectivity index (χ0v) is 16.3. The Balaban J connectivity index is 1.53. The minimum absolute atomic E-state index is 0.120. The fourth-order valence-electron chi connectivity index (χ4n) is 2.61. The Labute approximate surface area is 163 Å². The van der Waals surface area contributed by atoms with Crippen LogP contribution in [0.2, 0.25) is 0 Å². The van der Waals surface area contributed by atoms with Gasteiger partial charge in [0.1, 0.15) is 0 Å². The van der Waals surface area contributed by atoms with E-state index >= 15 is 0 Å². The minimum Gasteiger partial charge on any atom is -0.454 e. The van der Waals surface area contributed by atoms with Gasteiger partial charge in [-0.15, -0.1) is 21.5 Å². The van der Waals surface area contributed by atoms with Gasteiger partial charge in [-0.2, -0.15) is 0 Å². The fourth-order valence-corrected chi connectivity index (χ4v) is 4.06. The Morgan fingerprint density at radius 2 is 2.22 bits per heavy atom. The van der Waals surface area contributed by atoms with Gasteiger partial charge in [-0.1, -0.05) is 11.8 Å². The van der Waals surface area contributed by atoms with Crippen molar-refractivity contribution in [3.63, 3.8) is 0 Å². The number of hydrogen-bond acceptors (Lipinski definition) is 8. The number of fused-ring (bicyclic) bond motifs is 1. The van der Waals surface area contributed by atoms with Crippen LogP contribution in [0.5, 0.6) is 11.5 Å². The lowest BCUT2D eigenvalue weighted by atomic mass is 10.2. The van der Waals surface area contributed by atoms with Crippen LogP contribution in [-0.4, -0.2) is 37.7 Å². The standard InChI is InChI=1S/C17H17N5O3S2/c1-3-22-14(11-4-5-12-13(8-11)25-9-24-12)20-21-17(22)27-10(2)15(23)19-16-18-6-7-26-16/h4-8,10H,3,9H2,1-2H3,(H,18,19,23). The van der Waals surface area contributed by atoms with Crippen LogP contribution in [0.25, 0.3) is 11.4 Å². The van der Waals surface area contributed by atoms with E-state index in [-0.39, 0.29) is 18.0 Å². The second kappa shape index (κ2) is 7.57. The van der Waals surface area contributed by atoms with Gasteiger partial charge in [-0.25, -0.2) is 4.98 Å². The molecule has 1 aromatic carbocycles. The molecule has 0 bridgehead atoms. The number of ether oxygens (including phenoxy) is 2. The molecule has 1 atom stereocenters. The highest BCUT2D eigenvalue weighted by Crippen LogP contribution is 2.36. The van der Waals surface area contributed by atoms with Crippen LogP contribution in [0.15, 0.2) is 34.9 Å². The quantitative estimate of drug-likeness (QED) is 0.632. The molecule has 0 saturated heterocycles. The van der Waals surface area contributed by atoms with E-state index in [4.69, 9.17) is 9.47 Å². The fraction of sp³-hybridized carbons (Fsp3) is 0.294. The van der Waals surface area contributed by atoms with Crippen molar-refractivity contribution >= 4 is 34.1 Å². The van der Waals surface area contributed by atoms with E-state index in [0.717, 1.165) is 17.1 Å². The van der Waals surface area contributed by atoms with Gasteiger partial charge in [0.25, 0.3) is 0 Å². The third-order valence-corrected chi connectivity index (χ3v) is 5.75. The van der Waals surface area contributed by atoms with E-state index in [9.17, 15) is 4.79 Å². The summed E-state index contributed by atoms with van der Waals surface area (Å²) in [6, 6.07) is 5.69. The first-order valence-electron chi connectivity index (χ1n) is 8.36. The van der Waals surface area contributed by atoms with Crippen molar-refractivity contribution in [2.75, 3.05) is 12.1 Å². The number of thioether (sulfide) groups is 1. The van der Waals surface area contributed by atoms with Gasteiger partial charge in [0.05, 0.1) is 5.25 Å². The Morgan fingerprint density at radius 3 is 3.00 bits per heavy atom. The smallest absolute Gasteiger partial charge is 0.239 e. The SMILES string of the molecule is CCn1c(SC(C)C(=O)Nc2nccs2)nnc1-c1ccc2c(c1)OCO2. The van der Waals surface area contributed by atoms with Crippen molar-refractivity contribution < 1.29 is 14.3 Å². The highest BCUT2D eigenvalue weighted by atomic mass is 32.2. The van der Waals surface area contributed by atoms with Gasteiger partial charge < -0.3 is 19.4 Å². The molecule has 4 rings (SSSR count). The molecule has 10 heteroatoms. The van der Waals surface area contributed by atoms with Crippen LogP contribution in [0.3, 0.4) is 0 Å². The van der Waals surface area contributed by atoms with Gasteiger partial charge in [-0.3, -0.25) is 4.79 Å². The van der Waals surface area contributed by atoms with Gasteiger partial charge in [-0.05, 0) is 32.0 Å². The monoisotopic (exact) mass is 403 g/mol. The molecule has 1 aliphatic rings. The summed E-state index contributed by atoms with van der Waals surface area (Å²) >= 11 is 2.75. The summed E-state index contributed by atoms with van der Waals surface area (Å²) in [5, 5.41) is 14.2. The summed E-state index contributed by atoms with van der Waals surface area (Å²) < 4.78 is 12.8. The highest BCUT2D eigenvalue weighted by Gasteiger charge is 2.22. The van der Waals surface area contributed by atoms with E-state index < -0.39 is 0 Å². The summed E-state index contributed by atoms with van der Waals surface area (Å²) in [7, 11) is 0. The molecule has 0 radical (unpaired) electrons. The number of carbonyl (C=O) groups is 1. The molecule has 3 heterocycles. The Bertz CT molecular complexity index is 958. The first-order chi connectivity index (χ1) is 13.2. The van der Waals surface area contributed by atoms with Crippen LogP contribution in [0.4, 0.5) is 5.13 Å². The Morgan fingerprint density at radius 1 is 1.37 bits per heavy atom. The molecule has 1 amide bonds. The van der Waals surface area contributed by atoms with Crippen LogP contribution in [-0.2, 0) is 11.3 Å². The lowest BCUT2D eigenvalue weighted by molar-refractivity contribution is -0.115. The highest BCUT2D eigenvalue weighted by molar-refractivity contribution is 8.00. The average molecular weight is 403 g/mol. The van der Waals surface area contributed by atoms with Crippen LogP contribution >= 0.6 is 23.1 Å². The lowest BCUT2D eigenvalue weighted by Crippen LogP contribution is -2.22. The second-order valence-corrected chi connectivity index (χ2v) is 7.91. The van der Waals surface area contributed by atoms with Crippen molar-refractivity contribution in [2.24, 2.45) is 0 Å². The third kappa shape index (κ3) is 3.62. The predicted octanol–water partition coefficient (Wildman–Crippen LogP) is 3.27. The molecule has 27 heavy (non-hydrogen) atoms. The third-order valence-electron chi connectivity index (χ3n) is 3.98. The van der Waals surface area contributed by atoms with Crippen LogP contribution in [0, 0.1) is 0 Å². The minimum atomic E-state index is -0.340. The van der Waals surface area contributed by atoms with E-state index in [2.05, 4.69) is 20.5 Å². The summed E-state index contributed by atoms with van der Waals surface area (Å²) in [4.78, 5) is 16.4. The number of nitrogens with zero attached hydrogens (tertiary/aromatic N) is 4. The largest absolute Gasteiger partial charge is 0.454 e. The number of carbonyl (C=O) groups excluding carboxylic acids is 1. The maximum Gasteiger partial charge on any atom is 0.239 e. The molecule has 2 aromatic heterocycles. The molecule has 8 nitrogen and oxygen atoms in total. The van der Waals surface area contributed by atoms with Crippen molar-refractivity contribution in [2.45, 2.75) is 30.8 Å². The topological polar surface area (TPSA) is 91.2 Å². The molecule has 1 N–H and O–H groups in total.